The summed E-state index contributed by atoms with van der Waals surface area (Å²) in [6, 6.07) is 6.78. The highest BCUT2D eigenvalue weighted by molar-refractivity contribution is 5.97. The maximum atomic E-state index is 12.4. The van der Waals surface area contributed by atoms with E-state index in [9.17, 15) is 9.59 Å². The summed E-state index contributed by atoms with van der Waals surface area (Å²) in [7, 11) is 0. The highest BCUT2D eigenvalue weighted by Gasteiger charge is 2.36. The zero-order valence-corrected chi connectivity index (χ0v) is 13.6. The molecule has 1 aliphatic heterocycles. The van der Waals surface area contributed by atoms with Crippen LogP contribution in [0.3, 0.4) is 0 Å². The second-order valence-electron chi connectivity index (χ2n) is 6.53. The lowest BCUT2D eigenvalue weighted by Gasteiger charge is -2.26. The highest BCUT2D eigenvalue weighted by atomic mass is 16.2. The Morgan fingerprint density at radius 3 is 2.50 bits per heavy atom. The Bertz CT molecular complexity index is 556. The van der Waals surface area contributed by atoms with E-state index in [4.69, 9.17) is 5.73 Å². The van der Waals surface area contributed by atoms with E-state index in [0.717, 1.165) is 19.5 Å². The number of carbonyl (C=O) groups excluding carboxylic acids is 2. The number of likely N-dealkylation sites (tertiary alicyclic amines) is 1. The molecule has 0 aromatic heterocycles. The van der Waals surface area contributed by atoms with Crippen molar-refractivity contribution in [2.75, 3.05) is 25.0 Å². The molecule has 1 fully saturated rings. The summed E-state index contributed by atoms with van der Waals surface area (Å²) in [5.74, 6) is -0.0128. The van der Waals surface area contributed by atoms with Gasteiger partial charge in [-0.15, -0.1) is 0 Å². The predicted molar refractivity (Wildman–Crippen MR) is 87.9 cm³/mol. The van der Waals surface area contributed by atoms with E-state index in [0.29, 0.717) is 17.8 Å². The number of benzene rings is 1. The van der Waals surface area contributed by atoms with E-state index in [-0.39, 0.29) is 23.1 Å². The number of anilines is 1. The molecule has 0 saturated carbocycles. The van der Waals surface area contributed by atoms with Gasteiger partial charge in [-0.3, -0.25) is 14.5 Å². The Kier molecular flexibility index (Phi) is 4.98. The van der Waals surface area contributed by atoms with Gasteiger partial charge in [-0.2, -0.15) is 0 Å². The summed E-state index contributed by atoms with van der Waals surface area (Å²) in [4.78, 5) is 25.8. The third kappa shape index (κ3) is 3.72. The summed E-state index contributed by atoms with van der Waals surface area (Å²) in [6.45, 7) is 7.99. The molecule has 5 heteroatoms. The number of hydrogen-bond acceptors (Lipinski definition) is 4. The molecule has 0 aliphatic carbocycles. The van der Waals surface area contributed by atoms with Gasteiger partial charge < -0.3 is 11.1 Å². The molecule has 2 rings (SSSR count). The van der Waals surface area contributed by atoms with Gasteiger partial charge in [0.05, 0.1) is 6.04 Å². The molecule has 1 aliphatic rings. The van der Waals surface area contributed by atoms with Crippen molar-refractivity contribution < 1.29 is 9.59 Å². The fraction of sp³-hybridized carbons (Fsp3) is 0.529. The molecule has 0 bridgehead atoms. The first kappa shape index (κ1) is 16.6. The van der Waals surface area contributed by atoms with Crippen molar-refractivity contribution in [1.29, 1.82) is 0 Å². The number of nitrogens with two attached hydrogens (primary N) is 1. The van der Waals surface area contributed by atoms with Gasteiger partial charge in [-0.05, 0) is 63.0 Å². The van der Waals surface area contributed by atoms with E-state index in [2.05, 4.69) is 17.1 Å². The first-order valence-corrected chi connectivity index (χ1v) is 7.71. The van der Waals surface area contributed by atoms with Gasteiger partial charge in [-0.1, -0.05) is 6.92 Å². The van der Waals surface area contributed by atoms with E-state index in [1.54, 1.807) is 24.3 Å². The molecule has 1 aromatic rings. The Labute approximate surface area is 131 Å². The number of nitrogens with zero attached hydrogens (tertiary/aromatic N) is 1. The van der Waals surface area contributed by atoms with Crippen molar-refractivity contribution in [1.82, 2.24) is 4.90 Å². The SMILES string of the molecule is CC(=O)c1ccc(NC(=O)C(C)N2CCC(C)(CN)C2)cc1. The number of amides is 1. The molecule has 1 heterocycles. The average molecular weight is 303 g/mol. The summed E-state index contributed by atoms with van der Waals surface area (Å²) in [6.07, 6.45) is 1.02. The van der Waals surface area contributed by atoms with Crippen molar-refractivity contribution in [3.05, 3.63) is 29.8 Å². The van der Waals surface area contributed by atoms with Gasteiger partial charge in [0, 0.05) is 17.8 Å². The Morgan fingerprint density at radius 1 is 1.36 bits per heavy atom. The second kappa shape index (κ2) is 6.58. The Hall–Kier alpha value is -1.72. The fourth-order valence-electron chi connectivity index (χ4n) is 2.76. The molecule has 1 aromatic carbocycles. The van der Waals surface area contributed by atoms with Crippen LogP contribution >= 0.6 is 0 Å². The largest absolute Gasteiger partial charge is 0.330 e. The van der Waals surface area contributed by atoms with Gasteiger partial charge in [0.1, 0.15) is 0 Å². The van der Waals surface area contributed by atoms with Crippen LogP contribution in [0.5, 0.6) is 0 Å². The number of hydrogen-bond donors (Lipinski definition) is 2. The third-order valence-corrected chi connectivity index (χ3v) is 4.57. The summed E-state index contributed by atoms with van der Waals surface area (Å²) >= 11 is 0. The molecule has 3 N–H and O–H groups in total. The summed E-state index contributed by atoms with van der Waals surface area (Å²) in [5, 5.41) is 2.91. The first-order valence-electron chi connectivity index (χ1n) is 7.71. The molecular formula is C17H25N3O2. The first-order chi connectivity index (χ1) is 10.3. The lowest BCUT2D eigenvalue weighted by Crippen LogP contribution is -2.42. The average Bonchev–Trinajstić information content (AvgIpc) is 2.90. The van der Waals surface area contributed by atoms with Crippen molar-refractivity contribution in [3.8, 4) is 0 Å². The van der Waals surface area contributed by atoms with E-state index in [1.165, 1.54) is 6.92 Å². The number of Topliss-reactive ketones (excluding diaryl/α,β-unsaturated/α-hetero) is 1. The van der Waals surface area contributed by atoms with Crippen molar-refractivity contribution >= 4 is 17.4 Å². The topological polar surface area (TPSA) is 75.4 Å². The van der Waals surface area contributed by atoms with E-state index in [1.807, 2.05) is 6.92 Å². The maximum Gasteiger partial charge on any atom is 0.241 e. The van der Waals surface area contributed by atoms with Gasteiger partial charge in [0.2, 0.25) is 5.91 Å². The second-order valence-corrected chi connectivity index (χ2v) is 6.53. The monoisotopic (exact) mass is 303 g/mol. The molecular weight excluding hydrogens is 278 g/mol. The van der Waals surface area contributed by atoms with Gasteiger partial charge in [-0.25, -0.2) is 0 Å². The molecule has 120 valence electrons. The smallest absolute Gasteiger partial charge is 0.241 e. The molecule has 2 unspecified atom stereocenters. The molecule has 1 amide bonds. The van der Waals surface area contributed by atoms with Gasteiger partial charge in [0.25, 0.3) is 0 Å². The lowest BCUT2D eigenvalue weighted by molar-refractivity contribution is -0.120. The van der Waals surface area contributed by atoms with Crippen LogP contribution < -0.4 is 11.1 Å². The number of nitrogens with one attached hydrogen (secondary N) is 1. The summed E-state index contributed by atoms with van der Waals surface area (Å²) < 4.78 is 0. The minimum Gasteiger partial charge on any atom is -0.330 e. The van der Waals surface area contributed by atoms with Crippen LogP contribution in [0.2, 0.25) is 0 Å². The van der Waals surface area contributed by atoms with Crippen LogP contribution in [-0.4, -0.2) is 42.3 Å². The molecule has 22 heavy (non-hydrogen) atoms. The van der Waals surface area contributed by atoms with Crippen LogP contribution in [0.25, 0.3) is 0 Å². The van der Waals surface area contributed by atoms with Crippen LogP contribution in [-0.2, 0) is 4.79 Å². The molecule has 0 radical (unpaired) electrons. The molecule has 5 nitrogen and oxygen atoms in total. The number of carbonyl (C=O) groups is 2. The Morgan fingerprint density at radius 2 is 2.00 bits per heavy atom. The fourth-order valence-corrected chi connectivity index (χ4v) is 2.76. The van der Waals surface area contributed by atoms with Crippen molar-refractivity contribution in [2.24, 2.45) is 11.1 Å². The standard InChI is InChI=1S/C17H25N3O2/c1-12(20-9-8-17(3,10-18)11-20)16(22)19-15-6-4-14(5-7-15)13(2)21/h4-7,12H,8-11,18H2,1-3H3,(H,19,22). The van der Waals surface area contributed by atoms with Crippen molar-refractivity contribution in [2.45, 2.75) is 33.2 Å². The molecule has 1 saturated heterocycles. The maximum absolute atomic E-state index is 12.4. The predicted octanol–water partition coefficient (Wildman–Crippen LogP) is 1.89. The highest BCUT2D eigenvalue weighted by Crippen LogP contribution is 2.29. The zero-order chi connectivity index (χ0) is 16.3. The zero-order valence-electron chi connectivity index (χ0n) is 13.6. The summed E-state index contributed by atoms with van der Waals surface area (Å²) in [5.41, 5.74) is 7.28. The van der Waals surface area contributed by atoms with E-state index < -0.39 is 0 Å². The van der Waals surface area contributed by atoms with Crippen LogP contribution in [0, 0.1) is 5.41 Å². The van der Waals surface area contributed by atoms with E-state index >= 15 is 0 Å². The normalized spacial score (nSPS) is 23.3. The van der Waals surface area contributed by atoms with Crippen molar-refractivity contribution in [3.63, 3.8) is 0 Å². The molecule has 0 spiro atoms. The van der Waals surface area contributed by atoms with Crippen LogP contribution in [0.4, 0.5) is 5.69 Å². The quantitative estimate of drug-likeness (QED) is 0.815. The lowest BCUT2D eigenvalue weighted by atomic mass is 9.90. The minimum atomic E-state index is -0.194. The Balaban J connectivity index is 1.95. The van der Waals surface area contributed by atoms with Gasteiger partial charge in [0.15, 0.2) is 5.78 Å². The minimum absolute atomic E-state index is 0.0179. The van der Waals surface area contributed by atoms with Crippen LogP contribution in [0.1, 0.15) is 37.6 Å². The number of rotatable bonds is 5. The van der Waals surface area contributed by atoms with Crippen LogP contribution in [0.15, 0.2) is 24.3 Å². The van der Waals surface area contributed by atoms with Gasteiger partial charge >= 0.3 is 0 Å². The number of ketones is 1. The third-order valence-electron chi connectivity index (χ3n) is 4.57. The molecule has 2 atom stereocenters.